The number of ether oxygens (including phenoxy) is 3. The van der Waals surface area contributed by atoms with Gasteiger partial charge >= 0.3 is 6.09 Å². The molecule has 0 fully saturated rings. The van der Waals surface area contributed by atoms with Crippen LogP contribution in [0.25, 0.3) is 16.6 Å². The van der Waals surface area contributed by atoms with E-state index < -0.39 is 5.60 Å². The number of aromatic nitrogens is 1. The molecule has 3 aromatic rings. The first-order valence-electron chi connectivity index (χ1n) is 11.2. The van der Waals surface area contributed by atoms with Gasteiger partial charge in [0.15, 0.2) is 24.3 Å². The standard InChI is InChI=1S/C26H30N3O5/c1-26(2,3)34-25(31)28-12-10-27(11-13-28)21-8-7-20-14-19(16-24(30)29(20)17-21)18-6-9-22(32-4)23(15-18)33-5/h6-10,14-17H,11-13H2,1-5H3/q+1. The Bertz CT molecular complexity index is 1320. The second-order valence-electron chi connectivity index (χ2n) is 9.14. The lowest BCUT2D eigenvalue weighted by Crippen LogP contribution is -2.44. The molecule has 0 radical (unpaired) electrons. The van der Waals surface area contributed by atoms with Crippen LogP contribution in [0.3, 0.4) is 0 Å². The molecular formula is C26H30N3O5+. The first-order valence-corrected chi connectivity index (χ1v) is 11.2. The summed E-state index contributed by atoms with van der Waals surface area (Å²) in [6, 6.07) is 13.1. The predicted molar refractivity (Wildman–Crippen MR) is 131 cm³/mol. The molecule has 34 heavy (non-hydrogen) atoms. The molecule has 1 aliphatic heterocycles. The number of nitrogens with zero attached hydrogens (tertiary/aromatic N) is 3. The summed E-state index contributed by atoms with van der Waals surface area (Å²) in [4.78, 5) is 26.9. The number of hydrogen-bond donors (Lipinski definition) is 0. The minimum absolute atomic E-state index is 0.128. The van der Waals surface area contributed by atoms with Gasteiger partial charge in [0.25, 0.3) is 5.56 Å². The van der Waals surface area contributed by atoms with Crippen molar-refractivity contribution in [2.24, 2.45) is 0 Å². The van der Waals surface area contributed by atoms with E-state index >= 15 is 0 Å². The topological polar surface area (TPSA) is 72.5 Å². The molecule has 0 saturated heterocycles. The van der Waals surface area contributed by atoms with Crippen LogP contribution in [-0.4, -0.2) is 65.6 Å². The molecule has 0 aliphatic carbocycles. The van der Waals surface area contributed by atoms with E-state index in [2.05, 4.69) is 4.58 Å². The lowest BCUT2D eigenvalue weighted by Gasteiger charge is -2.27. The lowest BCUT2D eigenvalue weighted by atomic mass is 10.1. The minimum Gasteiger partial charge on any atom is -0.493 e. The van der Waals surface area contributed by atoms with Crippen molar-refractivity contribution < 1.29 is 23.6 Å². The second-order valence-corrected chi connectivity index (χ2v) is 9.14. The number of methoxy groups -OCH3 is 2. The molecule has 2 aromatic heterocycles. The fourth-order valence-electron chi connectivity index (χ4n) is 3.90. The number of benzene rings is 1. The summed E-state index contributed by atoms with van der Waals surface area (Å²) in [7, 11) is 3.18. The highest BCUT2D eigenvalue weighted by atomic mass is 16.6. The van der Waals surface area contributed by atoms with Gasteiger partial charge in [0.05, 0.1) is 27.0 Å². The van der Waals surface area contributed by atoms with Gasteiger partial charge in [-0.3, -0.25) is 14.1 Å². The first-order chi connectivity index (χ1) is 16.2. The van der Waals surface area contributed by atoms with Gasteiger partial charge in [0.2, 0.25) is 5.69 Å². The molecule has 0 spiro atoms. The normalized spacial score (nSPS) is 14.0. The van der Waals surface area contributed by atoms with Crippen LogP contribution in [0, 0.1) is 0 Å². The zero-order valence-electron chi connectivity index (χ0n) is 20.2. The van der Waals surface area contributed by atoms with Gasteiger partial charge in [0, 0.05) is 17.6 Å². The van der Waals surface area contributed by atoms with Crippen molar-refractivity contribution in [1.29, 1.82) is 0 Å². The number of carbonyl (C=O) groups is 1. The summed E-state index contributed by atoms with van der Waals surface area (Å²) < 4.78 is 19.8. The van der Waals surface area contributed by atoms with E-state index in [0.29, 0.717) is 31.1 Å². The van der Waals surface area contributed by atoms with Crippen LogP contribution in [-0.2, 0) is 4.74 Å². The van der Waals surface area contributed by atoms with Crippen molar-refractivity contribution in [3.05, 3.63) is 59.0 Å². The molecule has 1 aliphatic rings. The smallest absolute Gasteiger partial charge is 0.411 e. The molecule has 8 heteroatoms. The third-order valence-corrected chi connectivity index (χ3v) is 5.62. The average Bonchev–Trinajstić information content (AvgIpc) is 2.82. The molecule has 0 N–H and O–H groups in total. The van der Waals surface area contributed by atoms with E-state index in [1.807, 2.05) is 69.6 Å². The maximum Gasteiger partial charge on any atom is 0.411 e. The maximum atomic E-state index is 13.0. The van der Waals surface area contributed by atoms with Gasteiger partial charge < -0.3 is 14.2 Å². The van der Waals surface area contributed by atoms with Gasteiger partial charge in [-0.2, -0.15) is 4.58 Å². The molecule has 0 saturated carbocycles. The number of rotatable bonds is 4. The van der Waals surface area contributed by atoms with Crippen molar-refractivity contribution in [2.75, 3.05) is 33.9 Å². The van der Waals surface area contributed by atoms with Crippen LogP contribution in [0.2, 0.25) is 0 Å². The molecule has 8 nitrogen and oxygen atoms in total. The number of carbonyl (C=O) groups excluding carboxylic acids is 1. The number of fused-ring (bicyclic) bond motifs is 1. The van der Waals surface area contributed by atoms with Gasteiger partial charge in [-0.1, -0.05) is 6.07 Å². The van der Waals surface area contributed by atoms with Crippen molar-refractivity contribution >= 4 is 23.5 Å². The molecule has 1 amide bonds. The molecule has 1 aromatic carbocycles. The number of amides is 1. The second kappa shape index (κ2) is 9.21. The number of pyridine rings is 2. The van der Waals surface area contributed by atoms with E-state index in [1.54, 1.807) is 29.6 Å². The van der Waals surface area contributed by atoms with Crippen molar-refractivity contribution in [3.63, 3.8) is 0 Å². The third kappa shape index (κ3) is 4.90. The summed E-state index contributed by atoms with van der Waals surface area (Å²) >= 11 is 0. The molecule has 0 atom stereocenters. The monoisotopic (exact) mass is 464 g/mol. The Morgan fingerprint density at radius 3 is 2.38 bits per heavy atom. The molecular weight excluding hydrogens is 434 g/mol. The van der Waals surface area contributed by atoms with Crippen molar-refractivity contribution in [3.8, 4) is 22.6 Å². The fourth-order valence-corrected chi connectivity index (χ4v) is 3.90. The predicted octanol–water partition coefficient (Wildman–Crippen LogP) is 3.95. The maximum absolute atomic E-state index is 13.0. The highest BCUT2D eigenvalue weighted by molar-refractivity contribution is 5.73. The molecule has 4 rings (SSSR count). The van der Waals surface area contributed by atoms with E-state index in [-0.39, 0.29) is 11.7 Å². The van der Waals surface area contributed by atoms with Crippen LogP contribution >= 0.6 is 0 Å². The van der Waals surface area contributed by atoms with E-state index in [4.69, 9.17) is 14.2 Å². The zero-order chi connectivity index (χ0) is 24.5. The third-order valence-electron chi connectivity index (χ3n) is 5.62. The summed E-state index contributed by atoms with van der Waals surface area (Å²) in [6.45, 7) is 7.16. The quantitative estimate of drug-likeness (QED) is 0.547. The van der Waals surface area contributed by atoms with Gasteiger partial charge in [0.1, 0.15) is 12.1 Å². The van der Waals surface area contributed by atoms with Crippen LogP contribution in [0.1, 0.15) is 20.8 Å². The van der Waals surface area contributed by atoms with Gasteiger partial charge in [-0.15, -0.1) is 0 Å². The fraction of sp³-hybridized carbons (Fsp3) is 0.346. The van der Waals surface area contributed by atoms with Crippen LogP contribution in [0.15, 0.2) is 53.5 Å². The first kappa shape index (κ1) is 23.4. The Kier molecular flexibility index (Phi) is 6.32. The highest BCUT2D eigenvalue weighted by Gasteiger charge is 2.27. The summed E-state index contributed by atoms with van der Waals surface area (Å²) in [5, 5.41) is 0. The Hall–Kier alpha value is -3.81. The van der Waals surface area contributed by atoms with Crippen molar-refractivity contribution in [1.82, 2.24) is 9.30 Å². The molecule has 178 valence electrons. The summed E-state index contributed by atoms with van der Waals surface area (Å²) in [6.07, 6.45) is 3.45. The van der Waals surface area contributed by atoms with Crippen LogP contribution < -0.4 is 15.0 Å². The van der Waals surface area contributed by atoms with Gasteiger partial charge in [-0.05, 0) is 56.2 Å². The van der Waals surface area contributed by atoms with Gasteiger partial charge in [-0.25, -0.2) is 4.79 Å². The average molecular weight is 465 g/mol. The van der Waals surface area contributed by atoms with Crippen molar-refractivity contribution in [2.45, 2.75) is 26.4 Å². The molecule has 0 bridgehead atoms. The SMILES string of the molecule is COc1ccc(-c2cc(=O)n3cc([N+]4=CCN(C(=O)OC(C)(C)C)CC4)ccc3c2)cc1OC. The number of hydrogen-bond acceptors (Lipinski definition) is 5. The van der Waals surface area contributed by atoms with E-state index in [9.17, 15) is 9.59 Å². The Morgan fingerprint density at radius 2 is 1.74 bits per heavy atom. The lowest BCUT2D eigenvalue weighted by molar-refractivity contribution is -0.442. The van der Waals surface area contributed by atoms with E-state index in [0.717, 1.165) is 22.3 Å². The van der Waals surface area contributed by atoms with Crippen LogP contribution in [0.4, 0.5) is 10.5 Å². The summed E-state index contributed by atoms with van der Waals surface area (Å²) in [5.41, 5.74) is 2.69. The largest absolute Gasteiger partial charge is 0.493 e. The molecule has 3 heterocycles. The Labute approximate surface area is 198 Å². The van der Waals surface area contributed by atoms with Crippen LogP contribution in [0.5, 0.6) is 11.5 Å². The minimum atomic E-state index is -0.524. The summed E-state index contributed by atoms with van der Waals surface area (Å²) in [5.74, 6) is 1.24. The van der Waals surface area contributed by atoms with E-state index in [1.165, 1.54) is 0 Å². The zero-order valence-corrected chi connectivity index (χ0v) is 20.2. The highest BCUT2D eigenvalue weighted by Crippen LogP contribution is 2.32. The Balaban J connectivity index is 1.59. The Morgan fingerprint density at radius 1 is 0.971 bits per heavy atom. The molecule has 0 unspecified atom stereocenters.